The van der Waals surface area contributed by atoms with Crippen LogP contribution in [-0.2, 0) is 9.47 Å². The third kappa shape index (κ3) is 6.13. The molecule has 0 aliphatic heterocycles. The lowest BCUT2D eigenvalue weighted by atomic mass is 10.1. The topological polar surface area (TPSA) is 81.7 Å². The first kappa shape index (κ1) is 23.1. The van der Waals surface area contributed by atoms with Gasteiger partial charge in [0, 0.05) is 32.4 Å². The molecule has 2 aromatic rings. The number of ketones is 1. The lowest BCUT2D eigenvalue weighted by molar-refractivity contribution is 0.0453. The number of ether oxygens (including phenoxy) is 7. The van der Waals surface area contributed by atoms with Crippen LogP contribution in [0.5, 0.6) is 28.7 Å². The van der Waals surface area contributed by atoms with E-state index in [2.05, 4.69) is 0 Å². The van der Waals surface area contributed by atoms with E-state index < -0.39 is 0 Å². The van der Waals surface area contributed by atoms with Crippen molar-refractivity contribution in [1.29, 1.82) is 0 Å². The monoisotopic (exact) mass is 418 g/mol. The van der Waals surface area contributed by atoms with Gasteiger partial charge in [0.05, 0.1) is 21.3 Å². The highest BCUT2D eigenvalue weighted by molar-refractivity contribution is 6.10. The van der Waals surface area contributed by atoms with E-state index in [1.165, 1.54) is 27.4 Å². The quantitative estimate of drug-likeness (QED) is 0.294. The van der Waals surface area contributed by atoms with Gasteiger partial charge in [-0.2, -0.15) is 0 Å². The average Bonchev–Trinajstić information content (AvgIpc) is 2.78. The molecule has 0 aromatic heterocycles. The molecule has 0 atom stereocenters. The molecule has 0 aliphatic rings. The van der Waals surface area contributed by atoms with E-state index in [0.717, 1.165) is 5.56 Å². The average molecular weight is 418 g/mol. The third-order valence-electron chi connectivity index (χ3n) is 3.98. The van der Waals surface area contributed by atoms with Crippen molar-refractivity contribution in [2.75, 3.05) is 49.1 Å². The molecule has 0 saturated carbocycles. The van der Waals surface area contributed by atoms with E-state index in [4.69, 9.17) is 33.2 Å². The number of methoxy groups -OCH3 is 5. The molecule has 0 bridgehead atoms. The normalized spacial score (nSPS) is 10.7. The molecule has 162 valence electrons. The number of allylic oxidation sites excluding steroid dienone is 1. The first-order valence-corrected chi connectivity index (χ1v) is 8.97. The van der Waals surface area contributed by atoms with E-state index in [1.807, 2.05) is 0 Å². The summed E-state index contributed by atoms with van der Waals surface area (Å²) >= 11 is 0. The van der Waals surface area contributed by atoms with E-state index in [-0.39, 0.29) is 30.7 Å². The van der Waals surface area contributed by atoms with E-state index in [1.54, 1.807) is 50.6 Å². The number of hydrogen-bond acceptors (Lipinski definition) is 8. The van der Waals surface area contributed by atoms with Gasteiger partial charge in [0.15, 0.2) is 19.4 Å². The van der Waals surface area contributed by atoms with Crippen LogP contribution in [0.2, 0.25) is 0 Å². The molecule has 8 heteroatoms. The van der Waals surface area contributed by atoms with Gasteiger partial charge in [0.1, 0.15) is 34.3 Å². The Morgan fingerprint density at radius 2 is 1.33 bits per heavy atom. The first-order chi connectivity index (χ1) is 14.6. The fraction of sp³-hybridized carbons (Fsp3) is 0.318. The predicted molar refractivity (Wildman–Crippen MR) is 111 cm³/mol. The van der Waals surface area contributed by atoms with Crippen LogP contribution in [0.4, 0.5) is 0 Å². The first-order valence-electron chi connectivity index (χ1n) is 8.97. The SMILES string of the molecule is COCOc1cc(OC)c(C(=O)/C=C/c2cc(OC)cc(OC)c2)c(OCOC)c1. The second kappa shape index (κ2) is 11.7. The Morgan fingerprint density at radius 3 is 1.90 bits per heavy atom. The van der Waals surface area contributed by atoms with Crippen LogP contribution in [0.3, 0.4) is 0 Å². The van der Waals surface area contributed by atoms with E-state index >= 15 is 0 Å². The van der Waals surface area contributed by atoms with Crippen LogP contribution in [0.15, 0.2) is 36.4 Å². The highest BCUT2D eigenvalue weighted by Crippen LogP contribution is 2.35. The van der Waals surface area contributed by atoms with Crippen molar-refractivity contribution in [2.45, 2.75) is 0 Å². The van der Waals surface area contributed by atoms with Crippen LogP contribution >= 0.6 is 0 Å². The molecule has 2 rings (SSSR count). The van der Waals surface area contributed by atoms with Crippen LogP contribution < -0.4 is 23.7 Å². The Kier molecular flexibility index (Phi) is 8.99. The fourth-order valence-electron chi connectivity index (χ4n) is 2.60. The standard InChI is InChI=1S/C22H26O8/c1-24-13-29-18-11-20(28-5)22(21(12-18)30-14-25-2)19(23)7-6-15-8-16(26-3)10-17(9-15)27-4/h6-12H,13-14H2,1-5H3/b7-6+. The molecule has 2 aromatic carbocycles. The summed E-state index contributed by atoms with van der Waals surface area (Å²) < 4.78 is 36.8. The zero-order valence-corrected chi connectivity index (χ0v) is 17.7. The van der Waals surface area contributed by atoms with Crippen molar-refractivity contribution in [2.24, 2.45) is 0 Å². The third-order valence-corrected chi connectivity index (χ3v) is 3.98. The second-order valence-electron chi connectivity index (χ2n) is 5.94. The predicted octanol–water partition coefficient (Wildman–Crippen LogP) is 3.57. The van der Waals surface area contributed by atoms with Crippen molar-refractivity contribution in [3.8, 4) is 28.7 Å². The molecular formula is C22H26O8. The van der Waals surface area contributed by atoms with E-state index in [9.17, 15) is 4.79 Å². The van der Waals surface area contributed by atoms with Crippen LogP contribution in [-0.4, -0.2) is 54.9 Å². The number of rotatable bonds is 12. The Hall–Kier alpha value is -3.23. The summed E-state index contributed by atoms with van der Waals surface area (Å²) in [5.74, 6) is 1.90. The van der Waals surface area contributed by atoms with Crippen LogP contribution in [0.25, 0.3) is 6.08 Å². The van der Waals surface area contributed by atoms with Gasteiger partial charge >= 0.3 is 0 Å². The fourth-order valence-corrected chi connectivity index (χ4v) is 2.60. The van der Waals surface area contributed by atoms with Gasteiger partial charge in [-0.05, 0) is 23.8 Å². The zero-order valence-electron chi connectivity index (χ0n) is 17.7. The maximum Gasteiger partial charge on any atom is 0.193 e. The lowest BCUT2D eigenvalue weighted by Gasteiger charge is -2.15. The van der Waals surface area contributed by atoms with Gasteiger partial charge in [0.25, 0.3) is 0 Å². The summed E-state index contributed by atoms with van der Waals surface area (Å²) in [5, 5.41) is 0. The second-order valence-corrected chi connectivity index (χ2v) is 5.94. The Labute approximate surface area is 175 Å². The molecule has 30 heavy (non-hydrogen) atoms. The molecule has 0 unspecified atom stereocenters. The number of benzene rings is 2. The van der Waals surface area contributed by atoms with Crippen LogP contribution in [0, 0.1) is 0 Å². The van der Waals surface area contributed by atoms with Gasteiger partial charge in [-0.1, -0.05) is 6.08 Å². The van der Waals surface area contributed by atoms with Crippen molar-refractivity contribution in [1.82, 2.24) is 0 Å². The summed E-state index contributed by atoms with van der Waals surface area (Å²) in [6.07, 6.45) is 3.07. The molecule has 0 saturated heterocycles. The summed E-state index contributed by atoms with van der Waals surface area (Å²) in [6, 6.07) is 8.49. The molecule has 0 spiro atoms. The minimum Gasteiger partial charge on any atom is -0.497 e. The molecule has 0 heterocycles. The molecule has 0 amide bonds. The molecule has 0 N–H and O–H groups in total. The van der Waals surface area contributed by atoms with Crippen LogP contribution in [0.1, 0.15) is 15.9 Å². The number of carbonyl (C=O) groups is 1. The summed E-state index contributed by atoms with van der Waals surface area (Å²) in [7, 11) is 7.58. The minimum atomic E-state index is -0.321. The Morgan fingerprint density at radius 1 is 0.733 bits per heavy atom. The molecule has 0 aliphatic carbocycles. The van der Waals surface area contributed by atoms with E-state index in [0.29, 0.717) is 23.0 Å². The maximum atomic E-state index is 13.0. The van der Waals surface area contributed by atoms with Gasteiger partial charge in [0.2, 0.25) is 0 Å². The summed E-state index contributed by atoms with van der Waals surface area (Å²) in [5.41, 5.74) is 0.975. The van der Waals surface area contributed by atoms with Gasteiger partial charge < -0.3 is 33.2 Å². The van der Waals surface area contributed by atoms with Crippen molar-refractivity contribution >= 4 is 11.9 Å². The van der Waals surface area contributed by atoms with Gasteiger partial charge in [-0.15, -0.1) is 0 Å². The Bertz CT molecular complexity index is 853. The number of carbonyl (C=O) groups excluding carboxylic acids is 1. The summed E-state index contributed by atoms with van der Waals surface area (Å²) in [6.45, 7) is -0.00823. The van der Waals surface area contributed by atoms with Gasteiger partial charge in [-0.3, -0.25) is 4.79 Å². The van der Waals surface area contributed by atoms with Crippen molar-refractivity contribution in [3.05, 3.63) is 47.5 Å². The lowest BCUT2D eigenvalue weighted by Crippen LogP contribution is -2.08. The Balaban J connectivity index is 2.40. The molecule has 0 fully saturated rings. The molecule has 8 nitrogen and oxygen atoms in total. The smallest absolute Gasteiger partial charge is 0.193 e. The zero-order chi connectivity index (χ0) is 21.9. The number of hydrogen-bond donors (Lipinski definition) is 0. The van der Waals surface area contributed by atoms with Gasteiger partial charge in [-0.25, -0.2) is 0 Å². The maximum absolute atomic E-state index is 13.0. The van der Waals surface area contributed by atoms with Crippen molar-refractivity contribution < 1.29 is 38.0 Å². The largest absolute Gasteiger partial charge is 0.497 e. The minimum absolute atomic E-state index is 0.0394. The molecule has 0 radical (unpaired) electrons. The highest BCUT2D eigenvalue weighted by atomic mass is 16.7. The highest BCUT2D eigenvalue weighted by Gasteiger charge is 2.19. The van der Waals surface area contributed by atoms with Crippen molar-refractivity contribution in [3.63, 3.8) is 0 Å². The summed E-state index contributed by atoms with van der Waals surface area (Å²) in [4.78, 5) is 13.0. The molecular weight excluding hydrogens is 392 g/mol.